The van der Waals surface area contributed by atoms with Gasteiger partial charge in [0.15, 0.2) is 0 Å². The summed E-state index contributed by atoms with van der Waals surface area (Å²) in [5, 5.41) is 0. The maximum Gasteiger partial charge on any atom is 0.500 e. The van der Waals surface area contributed by atoms with Gasteiger partial charge in [-0.2, -0.15) is 0 Å². The maximum atomic E-state index is 13.9. The lowest BCUT2D eigenvalue weighted by atomic mass is 9.50. The van der Waals surface area contributed by atoms with Gasteiger partial charge in [0.1, 0.15) is 5.78 Å². The lowest BCUT2D eigenvalue weighted by Gasteiger charge is -2.54. The van der Waals surface area contributed by atoms with E-state index in [-0.39, 0.29) is 39.3 Å². The number of carbonyl (C=O) groups is 2. The molecule has 0 aliphatic rings. The van der Waals surface area contributed by atoms with Crippen molar-refractivity contribution in [2.75, 3.05) is 35.4 Å². The molecule has 0 aromatic rings. The molecule has 36 heavy (non-hydrogen) atoms. The number of amides is 1. The molecule has 0 aliphatic heterocycles. The highest BCUT2D eigenvalue weighted by molar-refractivity contribution is 6.60. The van der Waals surface area contributed by atoms with E-state index >= 15 is 0 Å². The molecule has 0 aromatic heterocycles. The van der Waals surface area contributed by atoms with Crippen LogP contribution in [0.3, 0.4) is 0 Å². The molecule has 7 heteroatoms. The van der Waals surface area contributed by atoms with Gasteiger partial charge in [0.25, 0.3) is 0 Å². The van der Waals surface area contributed by atoms with E-state index in [0.717, 1.165) is 6.42 Å². The molecule has 2 unspecified atom stereocenters. The summed E-state index contributed by atoms with van der Waals surface area (Å²) >= 11 is 0. The summed E-state index contributed by atoms with van der Waals surface area (Å²) in [5.74, 6) is 0.252. The van der Waals surface area contributed by atoms with Crippen molar-refractivity contribution < 1.29 is 22.9 Å². The average molecular weight is 530 g/mol. The number of ketones is 1. The molecular weight excluding hydrogens is 470 g/mol. The van der Waals surface area contributed by atoms with Crippen LogP contribution in [-0.4, -0.2) is 60.8 Å². The Morgan fingerprint density at radius 2 is 1.25 bits per heavy atom. The van der Waals surface area contributed by atoms with Crippen LogP contribution in [0.1, 0.15) is 102 Å². The number of nitrogens with zero attached hydrogens (tertiary/aromatic N) is 1. The van der Waals surface area contributed by atoms with Crippen molar-refractivity contribution in [3.8, 4) is 0 Å². The number of Topliss-reactive ketones (excluding diaryl/α,β-unsaturated/α-hetero) is 1. The highest BCUT2D eigenvalue weighted by Gasteiger charge is 2.54. The summed E-state index contributed by atoms with van der Waals surface area (Å²) < 4.78 is 16.7. The summed E-state index contributed by atoms with van der Waals surface area (Å²) in [6.07, 6.45) is 2.58. The molecule has 0 saturated heterocycles. The zero-order valence-corrected chi connectivity index (χ0v) is 27.6. The molecular formula is C29H59NO5Si. The highest BCUT2D eigenvalue weighted by atomic mass is 28.4. The monoisotopic (exact) mass is 529 g/mol. The quantitative estimate of drug-likeness (QED) is 0.230. The second-order valence-electron chi connectivity index (χ2n) is 14.5. The fourth-order valence-electron chi connectivity index (χ4n) is 5.24. The first-order chi connectivity index (χ1) is 16.0. The number of carbonyl (C=O) groups excluding carboxylic acids is 2. The van der Waals surface area contributed by atoms with Crippen LogP contribution in [0.5, 0.6) is 0 Å². The Labute approximate surface area is 224 Å². The largest absolute Gasteiger partial charge is 0.500 e. The standard InChI is InChI=1S/C29H59NO5Si/c1-25(2,3)20-22(24(32)30(12)13)28(9,10)27(7,8)21-29(11,26(4,5)6)23(31)18-17-19-36(33-14,34-15)35-16/h22H,17-21H2,1-16H3. The van der Waals surface area contributed by atoms with Crippen molar-refractivity contribution in [3.63, 3.8) is 0 Å². The van der Waals surface area contributed by atoms with Gasteiger partial charge in [-0.25, -0.2) is 0 Å². The van der Waals surface area contributed by atoms with E-state index in [9.17, 15) is 9.59 Å². The second kappa shape index (κ2) is 12.4. The van der Waals surface area contributed by atoms with Gasteiger partial charge < -0.3 is 18.2 Å². The van der Waals surface area contributed by atoms with E-state index in [0.29, 0.717) is 25.3 Å². The zero-order valence-electron chi connectivity index (χ0n) is 26.6. The molecule has 0 aliphatic carbocycles. The Morgan fingerprint density at radius 1 is 0.806 bits per heavy atom. The first-order valence-electron chi connectivity index (χ1n) is 13.4. The normalized spacial score (nSPS) is 16.4. The van der Waals surface area contributed by atoms with E-state index in [1.807, 2.05) is 14.1 Å². The second-order valence-corrected chi connectivity index (χ2v) is 17.6. The van der Waals surface area contributed by atoms with Gasteiger partial charge in [-0.05, 0) is 40.9 Å². The average Bonchev–Trinajstić information content (AvgIpc) is 2.72. The summed E-state index contributed by atoms with van der Waals surface area (Å²) in [7, 11) is 5.77. The van der Waals surface area contributed by atoms with Gasteiger partial charge in [0.2, 0.25) is 5.91 Å². The zero-order chi connectivity index (χ0) is 29.0. The van der Waals surface area contributed by atoms with Gasteiger partial charge in [-0.3, -0.25) is 9.59 Å². The van der Waals surface area contributed by atoms with E-state index < -0.39 is 14.2 Å². The summed E-state index contributed by atoms with van der Waals surface area (Å²) in [6.45, 7) is 24.1. The van der Waals surface area contributed by atoms with Crippen molar-refractivity contribution in [1.82, 2.24) is 4.90 Å². The van der Waals surface area contributed by atoms with Gasteiger partial charge in [-0.1, -0.05) is 76.2 Å². The number of hydrogen-bond acceptors (Lipinski definition) is 5. The predicted molar refractivity (Wildman–Crippen MR) is 152 cm³/mol. The van der Waals surface area contributed by atoms with Crippen molar-refractivity contribution in [2.24, 2.45) is 33.0 Å². The molecule has 0 fully saturated rings. The Balaban J connectivity index is 6.19. The minimum atomic E-state index is -2.72. The van der Waals surface area contributed by atoms with E-state index in [4.69, 9.17) is 13.3 Å². The maximum absolute atomic E-state index is 13.9. The fraction of sp³-hybridized carbons (Fsp3) is 0.931. The molecule has 0 aromatic carbocycles. The minimum absolute atomic E-state index is 0.00721. The van der Waals surface area contributed by atoms with E-state index in [2.05, 4.69) is 76.2 Å². The van der Waals surface area contributed by atoms with Crippen molar-refractivity contribution >= 4 is 20.5 Å². The topological polar surface area (TPSA) is 65.1 Å². The molecule has 0 saturated carbocycles. The molecule has 6 nitrogen and oxygen atoms in total. The lowest BCUT2D eigenvalue weighted by Crippen LogP contribution is -2.52. The third kappa shape index (κ3) is 8.37. The van der Waals surface area contributed by atoms with E-state index in [1.165, 1.54) is 0 Å². The van der Waals surface area contributed by atoms with Gasteiger partial charge in [-0.15, -0.1) is 0 Å². The van der Waals surface area contributed by atoms with Crippen LogP contribution >= 0.6 is 0 Å². The van der Waals surface area contributed by atoms with Crippen LogP contribution < -0.4 is 0 Å². The van der Waals surface area contributed by atoms with Crippen molar-refractivity contribution in [1.29, 1.82) is 0 Å². The molecule has 0 bridgehead atoms. The van der Waals surface area contributed by atoms with Crippen LogP contribution in [0, 0.1) is 33.0 Å². The third-order valence-electron chi connectivity index (χ3n) is 9.06. The Hall–Kier alpha value is -0.763. The number of hydrogen-bond donors (Lipinski definition) is 0. The van der Waals surface area contributed by atoms with Gasteiger partial charge in [0.05, 0.1) is 0 Å². The first-order valence-corrected chi connectivity index (χ1v) is 15.3. The summed E-state index contributed by atoms with van der Waals surface area (Å²) in [6, 6.07) is 0.600. The molecule has 214 valence electrons. The molecule has 0 rings (SSSR count). The first kappa shape index (κ1) is 35.2. The van der Waals surface area contributed by atoms with Gasteiger partial charge >= 0.3 is 8.80 Å². The van der Waals surface area contributed by atoms with Crippen LogP contribution in [0.25, 0.3) is 0 Å². The lowest BCUT2D eigenvalue weighted by molar-refractivity contribution is -0.148. The number of rotatable bonds is 14. The third-order valence-corrected chi connectivity index (χ3v) is 11.9. The Morgan fingerprint density at radius 3 is 1.58 bits per heavy atom. The molecule has 0 spiro atoms. The predicted octanol–water partition coefficient (Wildman–Crippen LogP) is 6.85. The van der Waals surface area contributed by atoms with Crippen molar-refractivity contribution in [3.05, 3.63) is 0 Å². The molecule has 0 heterocycles. The van der Waals surface area contributed by atoms with Crippen LogP contribution in [0.4, 0.5) is 0 Å². The van der Waals surface area contributed by atoms with Crippen LogP contribution in [0.15, 0.2) is 0 Å². The Bertz CT molecular complexity index is 721. The van der Waals surface area contributed by atoms with Crippen molar-refractivity contribution in [2.45, 2.75) is 108 Å². The minimum Gasteiger partial charge on any atom is -0.377 e. The summed E-state index contributed by atoms with van der Waals surface area (Å²) in [4.78, 5) is 29.1. The van der Waals surface area contributed by atoms with Crippen LogP contribution in [-0.2, 0) is 22.9 Å². The smallest absolute Gasteiger partial charge is 0.377 e. The van der Waals surface area contributed by atoms with Crippen LogP contribution in [0.2, 0.25) is 6.04 Å². The van der Waals surface area contributed by atoms with E-state index in [1.54, 1.807) is 26.2 Å². The SMILES string of the molecule is CO[Si](CCCC(=O)C(C)(CC(C)(C)C(C)(C)C(CC(C)(C)C)C(=O)N(C)C)C(C)(C)C)(OC)OC. The molecule has 0 radical (unpaired) electrons. The highest BCUT2D eigenvalue weighted by Crippen LogP contribution is 2.57. The Kier molecular flexibility index (Phi) is 12.1. The molecule has 0 N–H and O–H groups in total. The molecule has 1 amide bonds. The fourth-order valence-corrected chi connectivity index (χ4v) is 6.96. The summed E-state index contributed by atoms with van der Waals surface area (Å²) in [5.41, 5.74) is -1.43. The van der Waals surface area contributed by atoms with Gasteiger partial charge in [0, 0.05) is 59.2 Å². The molecule has 2 atom stereocenters.